The van der Waals surface area contributed by atoms with Crippen LogP contribution >= 0.6 is 11.3 Å². The first-order valence-corrected chi connectivity index (χ1v) is 6.80. The summed E-state index contributed by atoms with van der Waals surface area (Å²) in [6.45, 7) is 2.12. The molecule has 0 aliphatic heterocycles. The Hall–Kier alpha value is -1.85. The van der Waals surface area contributed by atoms with Gasteiger partial charge < -0.3 is 15.5 Å². The molecule has 0 radical (unpaired) electrons. The van der Waals surface area contributed by atoms with E-state index in [1.165, 1.54) is 11.3 Å². The van der Waals surface area contributed by atoms with Crippen LogP contribution in [-0.2, 0) is 0 Å². The highest BCUT2D eigenvalue weighted by atomic mass is 32.1. The topological polar surface area (TPSA) is 69.6 Å². The van der Waals surface area contributed by atoms with Crippen LogP contribution in [-0.4, -0.2) is 22.7 Å². The standard InChI is InChI=1S/C14H15NO3S/c1-9-2-3-12(11(6-9)14(17)18)15-7-13(16)10-4-5-19-8-10/h2-6,8,13,15-16H,7H2,1H3,(H,17,18). The lowest BCUT2D eigenvalue weighted by Crippen LogP contribution is -2.14. The van der Waals surface area contributed by atoms with Gasteiger partial charge in [-0.1, -0.05) is 11.6 Å². The Morgan fingerprint density at radius 2 is 2.21 bits per heavy atom. The van der Waals surface area contributed by atoms with Crippen LogP contribution in [0.4, 0.5) is 5.69 Å². The van der Waals surface area contributed by atoms with E-state index >= 15 is 0 Å². The number of carboxylic acids is 1. The summed E-state index contributed by atoms with van der Waals surface area (Å²) in [5.41, 5.74) is 2.47. The van der Waals surface area contributed by atoms with E-state index in [0.717, 1.165) is 11.1 Å². The Kier molecular flexibility index (Phi) is 4.19. The van der Waals surface area contributed by atoms with Crippen molar-refractivity contribution in [2.45, 2.75) is 13.0 Å². The van der Waals surface area contributed by atoms with Crippen LogP contribution in [0.25, 0.3) is 0 Å². The van der Waals surface area contributed by atoms with E-state index in [1.54, 1.807) is 12.1 Å². The number of hydrogen-bond acceptors (Lipinski definition) is 4. The van der Waals surface area contributed by atoms with Gasteiger partial charge in [-0.25, -0.2) is 4.79 Å². The van der Waals surface area contributed by atoms with Gasteiger partial charge in [0.1, 0.15) is 0 Å². The van der Waals surface area contributed by atoms with E-state index in [0.29, 0.717) is 5.69 Å². The molecule has 1 aromatic heterocycles. The first-order valence-electron chi connectivity index (χ1n) is 5.86. The molecule has 0 aliphatic rings. The molecule has 2 aromatic rings. The summed E-state index contributed by atoms with van der Waals surface area (Å²) in [5.74, 6) is -0.976. The van der Waals surface area contributed by atoms with Crippen molar-refractivity contribution in [2.24, 2.45) is 0 Å². The van der Waals surface area contributed by atoms with Crippen LogP contribution < -0.4 is 5.32 Å². The lowest BCUT2D eigenvalue weighted by atomic mass is 10.1. The highest BCUT2D eigenvalue weighted by Gasteiger charge is 2.12. The maximum atomic E-state index is 11.1. The minimum absolute atomic E-state index is 0.220. The van der Waals surface area contributed by atoms with Crippen molar-refractivity contribution >= 4 is 23.0 Å². The minimum atomic E-state index is -0.976. The highest BCUT2D eigenvalue weighted by molar-refractivity contribution is 7.07. The predicted molar refractivity (Wildman–Crippen MR) is 75.9 cm³/mol. The van der Waals surface area contributed by atoms with Crippen LogP contribution in [0, 0.1) is 6.92 Å². The van der Waals surface area contributed by atoms with Crippen molar-refractivity contribution in [1.29, 1.82) is 0 Å². The lowest BCUT2D eigenvalue weighted by molar-refractivity contribution is 0.0697. The zero-order chi connectivity index (χ0) is 13.8. The number of hydrogen-bond donors (Lipinski definition) is 3. The number of aromatic carboxylic acids is 1. The second-order valence-electron chi connectivity index (χ2n) is 4.31. The molecule has 1 unspecified atom stereocenters. The third kappa shape index (κ3) is 3.33. The number of nitrogens with one attached hydrogen (secondary N) is 1. The lowest BCUT2D eigenvalue weighted by Gasteiger charge is -2.14. The van der Waals surface area contributed by atoms with Crippen LogP contribution in [0.1, 0.15) is 27.6 Å². The number of anilines is 1. The fourth-order valence-electron chi connectivity index (χ4n) is 1.78. The molecule has 0 aliphatic carbocycles. The molecule has 2 rings (SSSR count). The van der Waals surface area contributed by atoms with Gasteiger partial charge in [0.25, 0.3) is 0 Å². The summed E-state index contributed by atoms with van der Waals surface area (Å²) in [7, 11) is 0. The number of carboxylic acid groups (broad SMARTS) is 1. The predicted octanol–water partition coefficient (Wildman–Crippen LogP) is 2.90. The third-order valence-electron chi connectivity index (χ3n) is 2.82. The van der Waals surface area contributed by atoms with Crippen molar-refractivity contribution in [1.82, 2.24) is 0 Å². The fourth-order valence-corrected chi connectivity index (χ4v) is 2.49. The molecule has 0 saturated heterocycles. The number of carbonyl (C=O) groups is 1. The van der Waals surface area contributed by atoms with Gasteiger partial charge in [-0.15, -0.1) is 0 Å². The number of rotatable bonds is 5. The molecule has 0 amide bonds. The summed E-state index contributed by atoms with van der Waals surface area (Å²) in [6.07, 6.45) is -0.644. The quantitative estimate of drug-likeness (QED) is 0.786. The van der Waals surface area contributed by atoms with Gasteiger partial charge in [-0.2, -0.15) is 11.3 Å². The Labute approximate surface area is 115 Å². The highest BCUT2D eigenvalue weighted by Crippen LogP contribution is 2.20. The average molecular weight is 277 g/mol. The molecule has 3 N–H and O–H groups in total. The van der Waals surface area contributed by atoms with Crippen LogP contribution in [0.15, 0.2) is 35.0 Å². The van der Waals surface area contributed by atoms with Crippen LogP contribution in [0.5, 0.6) is 0 Å². The van der Waals surface area contributed by atoms with Gasteiger partial charge in [-0.3, -0.25) is 0 Å². The van der Waals surface area contributed by atoms with E-state index in [1.807, 2.05) is 29.8 Å². The van der Waals surface area contributed by atoms with Crippen molar-refractivity contribution < 1.29 is 15.0 Å². The first kappa shape index (κ1) is 13.6. The molecular formula is C14H15NO3S. The summed E-state index contributed by atoms with van der Waals surface area (Å²) < 4.78 is 0. The molecule has 0 fully saturated rings. The van der Waals surface area contributed by atoms with Crippen molar-refractivity contribution in [2.75, 3.05) is 11.9 Å². The fraction of sp³-hybridized carbons (Fsp3) is 0.214. The molecule has 5 heteroatoms. The van der Waals surface area contributed by atoms with Gasteiger partial charge in [0.2, 0.25) is 0 Å². The summed E-state index contributed by atoms with van der Waals surface area (Å²) in [4.78, 5) is 11.1. The molecule has 1 atom stereocenters. The Morgan fingerprint density at radius 3 is 2.84 bits per heavy atom. The van der Waals surface area contributed by atoms with Crippen molar-refractivity contribution in [3.05, 3.63) is 51.7 Å². The molecule has 0 spiro atoms. The molecule has 19 heavy (non-hydrogen) atoms. The van der Waals surface area contributed by atoms with E-state index in [2.05, 4.69) is 5.32 Å². The molecule has 1 aromatic carbocycles. The van der Waals surface area contributed by atoms with Gasteiger partial charge in [0.15, 0.2) is 0 Å². The smallest absolute Gasteiger partial charge is 0.337 e. The summed E-state index contributed by atoms with van der Waals surface area (Å²) >= 11 is 1.52. The first-order chi connectivity index (χ1) is 9.08. The Morgan fingerprint density at radius 1 is 1.42 bits per heavy atom. The van der Waals surface area contributed by atoms with Gasteiger partial charge in [0.05, 0.1) is 11.7 Å². The number of benzene rings is 1. The van der Waals surface area contributed by atoms with Crippen molar-refractivity contribution in [3.8, 4) is 0 Å². The second-order valence-corrected chi connectivity index (χ2v) is 5.09. The summed E-state index contributed by atoms with van der Waals surface area (Å²) in [5, 5.41) is 25.8. The number of aliphatic hydroxyl groups is 1. The van der Waals surface area contributed by atoms with E-state index in [9.17, 15) is 9.90 Å². The minimum Gasteiger partial charge on any atom is -0.478 e. The normalized spacial score (nSPS) is 12.1. The molecule has 4 nitrogen and oxygen atoms in total. The summed E-state index contributed by atoms with van der Waals surface area (Å²) in [6, 6.07) is 7.02. The zero-order valence-corrected chi connectivity index (χ0v) is 11.3. The number of aliphatic hydroxyl groups excluding tert-OH is 1. The Bertz CT molecular complexity index is 566. The number of thiophene rings is 1. The maximum absolute atomic E-state index is 11.1. The monoisotopic (exact) mass is 277 g/mol. The second kappa shape index (κ2) is 5.86. The van der Waals surface area contributed by atoms with E-state index in [-0.39, 0.29) is 12.1 Å². The maximum Gasteiger partial charge on any atom is 0.337 e. The largest absolute Gasteiger partial charge is 0.478 e. The van der Waals surface area contributed by atoms with Crippen molar-refractivity contribution in [3.63, 3.8) is 0 Å². The molecule has 0 bridgehead atoms. The van der Waals surface area contributed by atoms with Gasteiger partial charge in [0, 0.05) is 12.2 Å². The molecule has 1 heterocycles. The third-order valence-corrected chi connectivity index (χ3v) is 3.52. The van der Waals surface area contributed by atoms with E-state index in [4.69, 9.17) is 5.11 Å². The number of aryl methyl sites for hydroxylation is 1. The van der Waals surface area contributed by atoms with Gasteiger partial charge >= 0.3 is 5.97 Å². The Balaban J connectivity index is 2.09. The molecule has 100 valence electrons. The van der Waals surface area contributed by atoms with E-state index < -0.39 is 12.1 Å². The zero-order valence-electron chi connectivity index (χ0n) is 10.5. The molecular weight excluding hydrogens is 262 g/mol. The molecule has 0 saturated carbocycles. The van der Waals surface area contributed by atoms with Gasteiger partial charge in [-0.05, 0) is 41.4 Å². The van der Waals surface area contributed by atoms with Crippen LogP contribution in [0.3, 0.4) is 0 Å². The van der Waals surface area contributed by atoms with Crippen LogP contribution in [0.2, 0.25) is 0 Å². The average Bonchev–Trinajstić information content (AvgIpc) is 2.90. The SMILES string of the molecule is Cc1ccc(NCC(O)c2ccsc2)c(C(=O)O)c1.